The Morgan fingerprint density at radius 1 is 0.755 bits per heavy atom. The van der Waals surface area contributed by atoms with Gasteiger partial charge in [0, 0.05) is 33.5 Å². The van der Waals surface area contributed by atoms with Gasteiger partial charge in [0.1, 0.15) is 30.8 Å². The van der Waals surface area contributed by atoms with Gasteiger partial charge in [-0.25, -0.2) is 0 Å². The molecule has 1 aliphatic heterocycles. The summed E-state index contributed by atoms with van der Waals surface area (Å²) in [6.45, 7) is -0.895. The number of aliphatic hydroxyl groups excluding tert-OH is 4. The lowest BCUT2D eigenvalue weighted by Gasteiger charge is -2.28. The van der Waals surface area contributed by atoms with E-state index in [-0.39, 0.29) is 45.5 Å². The molecule has 1 aliphatic rings. The van der Waals surface area contributed by atoms with Crippen molar-refractivity contribution in [3.63, 3.8) is 0 Å². The smallest absolute Gasteiger partial charge is 0.255 e. The minimum absolute atomic E-state index is 0.154. The van der Waals surface area contributed by atoms with Gasteiger partial charge in [0.2, 0.25) is 0 Å². The molecule has 1 aromatic heterocycles. The number of amides is 1. The lowest BCUT2D eigenvalue weighted by molar-refractivity contribution is 0.0935. The lowest BCUT2D eigenvalue weighted by atomic mass is 9.97. The molecular formula is C36H34ClN3O9. The van der Waals surface area contributed by atoms with Gasteiger partial charge in [-0.15, -0.1) is 0 Å². The summed E-state index contributed by atoms with van der Waals surface area (Å²) in [4.78, 5) is 12.7. The van der Waals surface area contributed by atoms with Gasteiger partial charge in [-0.05, 0) is 82.9 Å². The van der Waals surface area contributed by atoms with Crippen LogP contribution in [0, 0.1) is 0 Å². The van der Waals surface area contributed by atoms with E-state index in [2.05, 4.69) is 15.8 Å². The number of anilines is 1. The monoisotopic (exact) mass is 687 g/mol. The molecule has 49 heavy (non-hydrogen) atoms. The number of nitrogens with one attached hydrogen (secondary N) is 2. The van der Waals surface area contributed by atoms with Gasteiger partial charge in [0.05, 0.1) is 39.1 Å². The molecule has 0 fully saturated rings. The van der Waals surface area contributed by atoms with Crippen LogP contribution in [0.4, 0.5) is 5.69 Å². The number of carbonyl (C=O) groups is 1. The predicted octanol–water partition coefficient (Wildman–Crippen LogP) is 4.95. The fraction of sp³-hybridized carbons (Fsp3) is 0.222. The number of ether oxygens (including phenoxy) is 3. The van der Waals surface area contributed by atoms with Crippen LogP contribution in [0.15, 0.2) is 77.3 Å². The summed E-state index contributed by atoms with van der Waals surface area (Å²) in [5.74, 6) is 1.58. The van der Waals surface area contributed by atoms with Crippen LogP contribution in [0.25, 0.3) is 22.6 Å². The number of nitrogens with zero attached hydrogens (tertiary/aromatic N) is 1. The number of methoxy groups -OCH3 is 1. The Morgan fingerprint density at radius 3 is 2.16 bits per heavy atom. The summed E-state index contributed by atoms with van der Waals surface area (Å²) in [7, 11) is 1.53. The van der Waals surface area contributed by atoms with Gasteiger partial charge in [0.15, 0.2) is 17.3 Å². The van der Waals surface area contributed by atoms with Gasteiger partial charge in [-0.1, -0.05) is 22.8 Å². The van der Waals surface area contributed by atoms with Crippen LogP contribution in [0.2, 0.25) is 5.02 Å². The number of hydrogen-bond donors (Lipinski definition) is 6. The van der Waals surface area contributed by atoms with E-state index in [9.17, 15) is 25.2 Å². The van der Waals surface area contributed by atoms with Crippen LogP contribution < -0.4 is 24.8 Å². The largest absolute Gasteiger partial charge is 0.493 e. The molecule has 1 unspecified atom stereocenters. The first kappa shape index (κ1) is 33.8. The molecule has 1 amide bonds. The zero-order valence-electron chi connectivity index (χ0n) is 26.4. The number of halogens is 1. The highest BCUT2D eigenvalue weighted by molar-refractivity contribution is 6.31. The molecule has 0 bridgehead atoms. The van der Waals surface area contributed by atoms with Crippen molar-refractivity contribution in [1.29, 1.82) is 0 Å². The molecule has 2 heterocycles. The number of aromatic nitrogens is 1. The fourth-order valence-electron chi connectivity index (χ4n) is 5.67. The highest BCUT2D eigenvalue weighted by Crippen LogP contribution is 2.35. The number of rotatable bonds is 13. The van der Waals surface area contributed by atoms with E-state index in [4.69, 9.17) is 30.3 Å². The molecule has 254 valence electrons. The average Bonchev–Trinajstić information content (AvgIpc) is 3.63. The highest BCUT2D eigenvalue weighted by Gasteiger charge is 2.25. The zero-order valence-corrected chi connectivity index (χ0v) is 27.2. The van der Waals surface area contributed by atoms with E-state index in [1.165, 1.54) is 7.11 Å². The van der Waals surface area contributed by atoms with Gasteiger partial charge in [0.25, 0.3) is 5.91 Å². The van der Waals surface area contributed by atoms with Crippen molar-refractivity contribution in [3.8, 4) is 39.8 Å². The number of carbonyl (C=O) groups excluding carboxylic acids is 1. The number of fused-ring (bicyclic) bond motifs is 1. The third-order valence-corrected chi connectivity index (χ3v) is 8.41. The average molecular weight is 688 g/mol. The summed E-state index contributed by atoms with van der Waals surface area (Å²) in [6, 6.07) is 20.8. The maximum Gasteiger partial charge on any atom is 0.255 e. The van der Waals surface area contributed by atoms with Crippen LogP contribution in [0.5, 0.6) is 17.2 Å². The van der Waals surface area contributed by atoms with Gasteiger partial charge in [-0.2, -0.15) is 0 Å². The van der Waals surface area contributed by atoms with E-state index in [0.717, 1.165) is 5.56 Å². The summed E-state index contributed by atoms with van der Waals surface area (Å²) >= 11 is 6.04. The molecule has 0 radical (unpaired) electrons. The number of benzene rings is 4. The second-order valence-corrected chi connectivity index (χ2v) is 11.6. The Kier molecular flexibility index (Phi) is 10.3. The van der Waals surface area contributed by atoms with Crippen LogP contribution >= 0.6 is 11.6 Å². The summed E-state index contributed by atoms with van der Waals surface area (Å²) < 4.78 is 23.1. The summed E-state index contributed by atoms with van der Waals surface area (Å²) in [6.07, 6.45) is -0.507. The van der Waals surface area contributed by atoms with Crippen LogP contribution in [0.3, 0.4) is 0 Å². The molecule has 5 aromatic rings. The third-order valence-electron chi connectivity index (χ3n) is 8.18. The molecule has 0 saturated heterocycles. The number of hydrogen-bond acceptors (Lipinski definition) is 11. The Balaban J connectivity index is 1.12. The Hall–Kier alpha value is -5.11. The van der Waals surface area contributed by atoms with E-state index in [1.54, 1.807) is 60.7 Å². The van der Waals surface area contributed by atoms with E-state index < -0.39 is 6.17 Å². The fourth-order valence-corrected chi connectivity index (χ4v) is 5.84. The Bertz CT molecular complexity index is 1950. The minimum Gasteiger partial charge on any atom is -0.493 e. The maximum atomic E-state index is 12.7. The van der Waals surface area contributed by atoms with Gasteiger partial charge >= 0.3 is 0 Å². The van der Waals surface area contributed by atoms with E-state index in [0.29, 0.717) is 78.4 Å². The molecule has 4 aromatic carbocycles. The molecule has 6 rings (SSSR count). The first-order valence-electron chi connectivity index (χ1n) is 15.3. The quantitative estimate of drug-likeness (QED) is 0.0924. The molecule has 6 N–H and O–H groups in total. The van der Waals surface area contributed by atoms with Crippen molar-refractivity contribution in [2.45, 2.75) is 32.6 Å². The highest BCUT2D eigenvalue weighted by atomic mass is 35.5. The van der Waals surface area contributed by atoms with Crippen LogP contribution in [0.1, 0.15) is 44.3 Å². The normalized spacial score (nSPS) is 13.8. The predicted molar refractivity (Wildman–Crippen MR) is 180 cm³/mol. The first-order chi connectivity index (χ1) is 23.8. The topological polar surface area (TPSA) is 176 Å². The lowest BCUT2D eigenvalue weighted by Crippen LogP contribution is -2.38. The molecule has 0 spiro atoms. The van der Waals surface area contributed by atoms with Crippen LogP contribution in [-0.4, -0.2) is 51.8 Å². The van der Waals surface area contributed by atoms with Crippen molar-refractivity contribution in [2.24, 2.45) is 0 Å². The summed E-state index contributed by atoms with van der Waals surface area (Å²) in [5, 5.41) is 50.2. The van der Waals surface area contributed by atoms with E-state index >= 15 is 0 Å². The van der Waals surface area contributed by atoms with Crippen molar-refractivity contribution in [2.75, 3.05) is 25.6 Å². The maximum absolute atomic E-state index is 12.7. The Morgan fingerprint density at radius 2 is 1.47 bits per heavy atom. The molecule has 13 heteroatoms. The molecule has 0 aliphatic carbocycles. The number of aliphatic hydroxyl groups is 4. The van der Waals surface area contributed by atoms with Crippen molar-refractivity contribution in [3.05, 3.63) is 111 Å². The van der Waals surface area contributed by atoms with Crippen molar-refractivity contribution in [1.82, 2.24) is 10.5 Å². The second-order valence-electron chi connectivity index (χ2n) is 11.2. The Labute approximate surface area is 286 Å². The SMILES string of the molecule is COc1ccc(-c2cc(-c3cc(CO)c(CO)c(CO)c3)on2)cc1OCCOc1ccc(C2NC(=O)c3cc(Cl)ccc3N2)cc1CO. The second kappa shape index (κ2) is 15.0. The van der Waals surface area contributed by atoms with Gasteiger partial charge < -0.3 is 49.8 Å². The van der Waals surface area contributed by atoms with E-state index in [1.807, 2.05) is 12.1 Å². The third kappa shape index (κ3) is 7.19. The molecule has 0 saturated carbocycles. The standard InChI is InChI=1S/C36H34ClN3O9/c1-46-32-7-2-20(30-15-33(49-40-30)22-11-23(16-41)28(19-44)24(12-22)17-42)13-34(32)48-9-8-47-31-6-3-21(10-25(31)18-43)35-38-29-5-4-26(37)14-27(29)36(45)39-35/h2-7,10-15,35,38,41-44H,8-9,16-19H2,1H3,(H,39,45). The zero-order chi connectivity index (χ0) is 34.5. The summed E-state index contributed by atoms with van der Waals surface area (Å²) in [5.41, 5.74) is 5.65. The van der Waals surface area contributed by atoms with Crippen LogP contribution in [-0.2, 0) is 26.4 Å². The molecular weight excluding hydrogens is 654 g/mol. The minimum atomic E-state index is -0.507. The molecule has 1 atom stereocenters. The first-order valence-corrected chi connectivity index (χ1v) is 15.7. The van der Waals surface area contributed by atoms with Crippen molar-refractivity contribution < 1.29 is 44.0 Å². The van der Waals surface area contributed by atoms with Crippen molar-refractivity contribution >= 4 is 23.2 Å². The molecule has 12 nitrogen and oxygen atoms in total. The van der Waals surface area contributed by atoms with Gasteiger partial charge in [-0.3, -0.25) is 4.79 Å².